The van der Waals surface area contributed by atoms with Gasteiger partial charge in [-0.1, -0.05) is 48.0 Å². The highest BCUT2D eigenvalue weighted by Crippen LogP contribution is 2.35. The first-order valence-electron chi connectivity index (χ1n) is 8.53. The third-order valence-electron chi connectivity index (χ3n) is 4.86. The molecule has 0 aliphatic rings. The number of fused-ring (bicyclic) bond motifs is 5. The zero-order valence-electron chi connectivity index (χ0n) is 14.3. The lowest BCUT2D eigenvalue weighted by Gasteiger charge is -2.09. The lowest BCUT2D eigenvalue weighted by atomic mass is 10.0. The Morgan fingerprint density at radius 3 is 2.54 bits per heavy atom. The van der Waals surface area contributed by atoms with Crippen LogP contribution in [-0.4, -0.2) is 9.38 Å². The lowest BCUT2D eigenvalue weighted by molar-refractivity contribution is 1.24. The number of pyridine rings is 2. The minimum atomic E-state index is 0.648. The fourth-order valence-corrected chi connectivity index (χ4v) is 3.57. The van der Waals surface area contributed by atoms with Crippen molar-refractivity contribution in [3.63, 3.8) is 0 Å². The summed E-state index contributed by atoms with van der Waals surface area (Å²) >= 11 is 0. The predicted octanol–water partition coefficient (Wildman–Crippen LogP) is 6.17. The van der Waals surface area contributed by atoms with E-state index in [0.717, 1.165) is 38.6 Å². The fourth-order valence-electron chi connectivity index (χ4n) is 3.57. The van der Waals surface area contributed by atoms with Gasteiger partial charge in [0, 0.05) is 21.9 Å². The standard InChI is InChI=1S/C23H15N3/c1-15-7-9-16(10-8-15)22-23-20(19-5-3-4-6-21(19)25-22)14-18-13-17(24-2)11-12-26(18)23/h3-14H,1H3. The summed E-state index contributed by atoms with van der Waals surface area (Å²) < 4.78 is 2.14. The van der Waals surface area contributed by atoms with E-state index in [9.17, 15) is 0 Å². The predicted molar refractivity (Wildman–Crippen MR) is 107 cm³/mol. The molecule has 0 amide bonds. The normalized spacial score (nSPS) is 11.2. The topological polar surface area (TPSA) is 21.7 Å². The molecule has 0 fully saturated rings. The van der Waals surface area contributed by atoms with Gasteiger partial charge in [0.25, 0.3) is 0 Å². The number of aromatic nitrogens is 2. The molecule has 0 N–H and O–H groups in total. The smallest absolute Gasteiger partial charge is 0.190 e. The Morgan fingerprint density at radius 1 is 0.923 bits per heavy atom. The van der Waals surface area contributed by atoms with E-state index in [0.29, 0.717) is 5.69 Å². The maximum absolute atomic E-state index is 7.28. The zero-order chi connectivity index (χ0) is 17.7. The van der Waals surface area contributed by atoms with Crippen molar-refractivity contribution in [2.24, 2.45) is 0 Å². The molecule has 122 valence electrons. The molecular weight excluding hydrogens is 318 g/mol. The van der Waals surface area contributed by atoms with Gasteiger partial charge in [0.1, 0.15) is 0 Å². The second-order valence-corrected chi connectivity index (χ2v) is 6.54. The molecule has 5 aromatic rings. The van der Waals surface area contributed by atoms with Crippen molar-refractivity contribution in [1.29, 1.82) is 0 Å². The minimum absolute atomic E-state index is 0.648. The van der Waals surface area contributed by atoms with Gasteiger partial charge in [0.2, 0.25) is 0 Å². The van der Waals surface area contributed by atoms with E-state index in [1.54, 1.807) is 0 Å². The van der Waals surface area contributed by atoms with Crippen LogP contribution in [0.1, 0.15) is 5.56 Å². The van der Waals surface area contributed by atoms with Crippen LogP contribution in [0.2, 0.25) is 0 Å². The molecule has 3 aromatic heterocycles. The van der Waals surface area contributed by atoms with Crippen molar-refractivity contribution >= 4 is 33.0 Å². The monoisotopic (exact) mass is 333 g/mol. The van der Waals surface area contributed by atoms with Crippen molar-refractivity contribution in [2.75, 3.05) is 0 Å². The van der Waals surface area contributed by atoms with Crippen LogP contribution in [0, 0.1) is 13.5 Å². The molecule has 3 heteroatoms. The summed E-state index contributed by atoms with van der Waals surface area (Å²) in [5, 5.41) is 2.29. The molecule has 3 nitrogen and oxygen atoms in total. The molecule has 3 heterocycles. The first-order valence-corrected chi connectivity index (χ1v) is 8.53. The maximum atomic E-state index is 7.28. The van der Waals surface area contributed by atoms with E-state index in [1.807, 2.05) is 30.5 Å². The van der Waals surface area contributed by atoms with Gasteiger partial charge in [0.15, 0.2) is 5.69 Å². The molecule has 0 unspecified atom stereocenters. The van der Waals surface area contributed by atoms with Crippen LogP contribution in [0.3, 0.4) is 0 Å². The van der Waals surface area contributed by atoms with E-state index in [-0.39, 0.29) is 0 Å². The van der Waals surface area contributed by atoms with Gasteiger partial charge in [-0.15, -0.1) is 0 Å². The molecule has 0 radical (unpaired) electrons. The molecule has 5 rings (SSSR count). The number of hydrogen-bond acceptors (Lipinski definition) is 1. The Bertz CT molecular complexity index is 1340. The molecule has 26 heavy (non-hydrogen) atoms. The average Bonchev–Trinajstić information content (AvgIpc) is 3.07. The summed E-state index contributed by atoms with van der Waals surface area (Å²) in [5.41, 5.74) is 7.02. The fraction of sp³-hybridized carbons (Fsp3) is 0.0435. The highest BCUT2D eigenvalue weighted by molar-refractivity contribution is 6.12. The Hall–Kier alpha value is -3.64. The zero-order valence-corrected chi connectivity index (χ0v) is 14.3. The summed E-state index contributed by atoms with van der Waals surface area (Å²) in [6.07, 6.45) is 1.97. The summed E-state index contributed by atoms with van der Waals surface area (Å²) in [6, 6.07) is 22.7. The number of para-hydroxylation sites is 1. The Labute approximate surface area is 151 Å². The van der Waals surface area contributed by atoms with E-state index in [1.165, 1.54) is 5.56 Å². The average molecular weight is 333 g/mol. The van der Waals surface area contributed by atoms with Gasteiger partial charge < -0.3 is 4.40 Å². The van der Waals surface area contributed by atoms with E-state index in [2.05, 4.69) is 58.6 Å². The minimum Gasteiger partial charge on any atom is -0.317 e. The van der Waals surface area contributed by atoms with Crippen LogP contribution in [0.5, 0.6) is 0 Å². The molecule has 0 bridgehead atoms. The van der Waals surface area contributed by atoms with Crippen molar-refractivity contribution in [3.8, 4) is 11.3 Å². The highest BCUT2D eigenvalue weighted by atomic mass is 14.9. The second-order valence-electron chi connectivity index (χ2n) is 6.54. The number of nitrogens with zero attached hydrogens (tertiary/aromatic N) is 3. The van der Waals surface area contributed by atoms with Gasteiger partial charge in [-0.25, -0.2) is 9.83 Å². The van der Waals surface area contributed by atoms with Crippen LogP contribution < -0.4 is 0 Å². The summed E-state index contributed by atoms with van der Waals surface area (Å²) in [5.74, 6) is 0. The molecule has 0 aliphatic heterocycles. The van der Waals surface area contributed by atoms with Gasteiger partial charge in [-0.05, 0) is 37.4 Å². The van der Waals surface area contributed by atoms with Gasteiger partial charge >= 0.3 is 0 Å². The SMILES string of the molecule is [C-]#[N+]c1ccn2c(c1)cc1c3ccccc3nc(-c3ccc(C)cc3)c12. The van der Waals surface area contributed by atoms with Crippen LogP contribution >= 0.6 is 0 Å². The largest absolute Gasteiger partial charge is 0.317 e. The molecule has 0 saturated heterocycles. The molecular formula is C23H15N3. The van der Waals surface area contributed by atoms with E-state index < -0.39 is 0 Å². The summed E-state index contributed by atoms with van der Waals surface area (Å²) in [7, 11) is 0. The van der Waals surface area contributed by atoms with Crippen LogP contribution in [0.15, 0.2) is 72.9 Å². The number of rotatable bonds is 1. The van der Waals surface area contributed by atoms with Crippen molar-refractivity contribution in [2.45, 2.75) is 6.92 Å². The first-order chi connectivity index (χ1) is 12.7. The molecule has 0 atom stereocenters. The third kappa shape index (κ3) is 2.09. The second kappa shape index (κ2) is 5.44. The van der Waals surface area contributed by atoms with E-state index >= 15 is 0 Å². The van der Waals surface area contributed by atoms with Crippen LogP contribution in [-0.2, 0) is 0 Å². The molecule has 0 aliphatic carbocycles. The number of benzene rings is 2. The van der Waals surface area contributed by atoms with Gasteiger partial charge in [-0.3, -0.25) is 0 Å². The Kier molecular flexibility index (Phi) is 3.07. The van der Waals surface area contributed by atoms with Crippen molar-refractivity contribution in [3.05, 3.63) is 89.9 Å². The van der Waals surface area contributed by atoms with Crippen LogP contribution in [0.25, 0.3) is 43.4 Å². The van der Waals surface area contributed by atoms with E-state index in [4.69, 9.17) is 11.6 Å². The number of aryl methyl sites for hydroxylation is 1. The molecule has 0 saturated carbocycles. The first kappa shape index (κ1) is 14.7. The quantitative estimate of drug-likeness (QED) is 0.336. The number of hydrogen-bond donors (Lipinski definition) is 0. The molecule has 0 spiro atoms. The summed E-state index contributed by atoms with van der Waals surface area (Å²) in [4.78, 5) is 8.55. The van der Waals surface area contributed by atoms with Crippen LogP contribution in [0.4, 0.5) is 5.69 Å². The Morgan fingerprint density at radius 2 is 1.73 bits per heavy atom. The van der Waals surface area contributed by atoms with Crippen molar-refractivity contribution < 1.29 is 0 Å². The lowest BCUT2D eigenvalue weighted by Crippen LogP contribution is -1.92. The van der Waals surface area contributed by atoms with Gasteiger partial charge in [0.05, 0.1) is 23.3 Å². The van der Waals surface area contributed by atoms with Gasteiger partial charge in [-0.2, -0.15) is 0 Å². The third-order valence-corrected chi connectivity index (χ3v) is 4.86. The summed E-state index contributed by atoms with van der Waals surface area (Å²) in [6.45, 7) is 9.37. The maximum Gasteiger partial charge on any atom is 0.190 e. The highest BCUT2D eigenvalue weighted by Gasteiger charge is 2.15. The molecule has 2 aromatic carbocycles. The van der Waals surface area contributed by atoms with Crippen molar-refractivity contribution in [1.82, 2.24) is 9.38 Å². The Balaban J connectivity index is 1.99.